The Hall–Kier alpha value is -2.29. The van der Waals surface area contributed by atoms with Crippen molar-refractivity contribution in [2.24, 2.45) is 0 Å². The summed E-state index contributed by atoms with van der Waals surface area (Å²) in [6.07, 6.45) is 8.67. The highest BCUT2D eigenvalue weighted by Gasteiger charge is 2.18. The average molecular weight is 360 g/mol. The predicted molar refractivity (Wildman–Crippen MR) is 96.0 cm³/mol. The van der Waals surface area contributed by atoms with E-state index in [0.29, 0.717) is 26.2 Å². The summed E-state index contributed by atoms with van der Waals surface area (Å²) in [7, 11) is 0. The molecule has 26 heavy (non-hydrogen) atoms. The van der Waals surface area contributed by atoms with Crippen molar-refractivity contribution in [3.05, 3.63) is 24.3 Å². The molecule has 0 radical (unpaired) electrons. The number of amides is 1. The molecule has 0 bridgehead atoms. The third-order valence-electron chi connectivity index (χ3n) is 4.85. The van der Waals surface area contributed by atoms with Crippen molar-refractivity contribution in [2.75, 3.05) is 26.2 Å². The number of likely N-dealkylation sites (tertiary alicyclic amines) is 1. The molecule has 1 aliphatic rings. The second-order valence-corrected chi connectivity index (χ2v) is 6.69. The van der Waals surface area contributed by atoms with Crippen LogP contribution in [0.25, 0.3) is 0 Å². The molecule has 3 heterocycles. The largest absolute Gasteiger partial charge is 0.340 e. The van der Waals surface area contributed by atoms with E-state index in [1.807, 2.05) is 28.8 Å². The summed E-state index contributed by atoms with van der Waals surface area (Å²) >= 11 is 0. The fraction of sp³-hybridized carbons (Fsp3) is 0.706. The highest BCUT2D eigenvalue weighted by molar-refractivity contribution is 5.75. The van der Waals surface area contributed by atoms with Gasteiger partial charge in [-0.05, 0) is 49.3 Å². The van der Waals surface area contributed by atoms with Crippen LogP contribution in [0.5, 0.6) is 0 Å². The van der Waals surface area contributed by atoms with Gasteiger partial charge in [0.1, 0.15) is 6.54 Å². The number of carbonyl (C=O) groups excluding carboxylic acids is 1. The summed E-state index contributed by atoms with van der Waals surface area (Å²) in [6, 6.07) is 1.88. The van der Waals surface area contributed by atoms with Crippen LogP contribution in [-0.2, 0) is 24.4 Å². The average Bonchev–Trinajstić information content (AvgIpc) is 3.23. The van der Waals surface area contributed by atoms with Gasteiger partial charge in [0.2, 0.25) is 5.91 Å². The lowest BCUT2D eigenvalue weighted by molar-refractivity contribution is -0.132. The number of rotatable bonds is 8. The quantitative estimate of drug-likeness (QED) is 0.692. The topological polar surface area (TPSA) is 85.0 Å². The molecular weight excluding hydrogens is 332 g/mol. The molecule has 142 valence electrons. The Morgan fingerprint density at radius 1 is 1.23 bits per heavy atom. The lowest BCUT2D eigenvalue weighted by Crippen LogP contribution is -2.37. The van der Waals surface area contributed by atoms with Gasteiger partial charge in [0.15, 0.2) is 5.82 Å². The van der Waals surface area contributed by atoms with Crippen molar-refractivity contribution in [1.29, 1.82) is 0 Å². The molecule has 1 fully saturated rings. The van der Waals surface area contributed by atoms with Crippen molar-refractivity contribution < 1.29 is 4.79 Å². The van der Waals surface area contributed by atoms with Gasteiger partial charge in [-0.15, -0.1) is 5.10 Å². The first kappa shape index (κ1) is 18.5. The van der Waals surface area contributed by atoms with Gasteiger partial charge in [0.05, 0.1) is 13.1 Å². The van der Waals surface area contributed by atoms with Gasteiger partial charge in [-0.2, -0.15) is 5.10 Å². The lowest BCUT2D eigenvalue weighted by atomic mass is 10.2. The van der Waals surface area contributed by atoms with E-state index in [4.69, 9.17) is 0 Å². The molecule has 0 spiro atoms. The summed E-state index contributed by atoms with van der Waals surface area (Å²) in [5.74, 6) is 0.799. The van der Waals surface area contributed by atoms with Crippen LogP contribution >= 0.6 is 0 Å². The number of nitrogens with zero attached hydrogens (tertiary/aromatic N) is 8. The predicted octanol–water partition coefficient (Wildman–Crippen LogP) is 0.794. The van der Waals surface area contributed by atoms with Crippen molar-refractivity contribution in [2.45, 2.75) is 52.2 Å². The van der Waals surface area contributed by atoms with Crippen LogP contribution in [0.15, 0.2) is 18.5 Å². The zero-order valence-electron chi connectivity index (χ0n) is 15.5. The van der Waals surface area contributed by atoms with Crippen LogP contribution in [-0.4, -0.2) is 71.9 Å². The number of likely N-dealkylation sites (N-methyl/N-ethyl adjacent to an activating group) is 1. The molecule has 0 saturated carbocycles. The van der Waals surface area contributed by atoms with E-state index in [1.165, 1.54) is 25.7 Å². The SMILES string of the molecule is CCN(CCn1cccn1)C(=O)Cn1nnnc1CN1CCCCCC1. The maximum atomic E-state index is 12.7. The summed E-state index contributed by atoms with van der Waals surface area (Å²) in [6.45, 7) is 6.99. The summed E-state index contributed by atoms with van der Waals surface area (Å²) < 4.78 is 3.47. The van der Waals surface area contributed by atoms with Crippen molar-refractivity contribution >= 4 is 5.91 Å². The summed E-state index contributed by atoms with van der Waals surface area (Å²) in [5, 5.41) is 16.1. The van der Waals surface area contributed by atoms with E-state index < -0.39 is 0 Å². The minimum Gasteiger partial charge on any atom is -0.340 e. The van der Waals surface area contributed by atoms with Crippen molar-refractivity contribution in [3.63, 3.8) is 0 Å². The van der Waals surface area contributed by atoms with Crippen LogP contribution in [0.1, 0.15) is 38.4 Å². The standard InChI is InChI=1S/C17H28N8O/c1-2-23(12-13-24-11-7-8-18-24)17(26)15-25-16(19-20-21-25)14-22-9-5-3-4-6-10-22/h7-8,11H,2-6,9-10,12-15H2,1H3. The Labute approximate surface area is 153 Å². The maximum absolute atomic E-state index is 12.7. The molecular formula is C17H28N8O. The highest BCUT2D eigenvalue weighted by atomic mass is 16.2. The van der Waals surface area contributed by atoms with Crippen LogP contribution in [0.2, 0.25) is 0 Å². The number of hydrogen-bond donors (Lipinski definition) is 0. The molecule has 1 saturated heterocycles. The minimum atomic E-state index is 0.0315. The first-order chi connectivity index (χ1) is 12.8. The molecule has 1 amide bonds. The third kappa shape index (κ3) is 5.10. The maximum Gasteiger partial charge on any atom is 0.244 e. The molecule has 0 N–H and O–H groups in total. The Morgan fingerprint density at radius 2 is 2.04 bits per heavy atom. The molecule has 0 aliphatic carbocycles. The molecule has 0 unspecified atom stereocenters. The van der Waals surface area contributed by atoms with Crippen molar-refractivity contribution in [3.8, 4) is 0 Å². The lowest BCUT2D eigenvalue weighted by Gasteiger charge is -2.22. The van der Waals surface area contributed by atoms with E-state index in [0.717, 1.165) is 18.9 Å². The van der Waals surface area contributed by atoms with Crippen LogP contribution in [0.3, 0.4) is 0 Å². The Balaban J connectivity index is 1.55. The van der Waals surface area contributed by atoms with Crippen molar-refractivity contribution in [1.82, 2.24) is 39.8 Å². The van der Waals surface area contributed by atoms with Gasteiger partial charge in [-0.25, -0.2) is 4.68 Å². The smallest absolute Gasteiger partial charge is 0.244 e. The molecule has 9 heteroatoms. The molecule has 3 rings (SSSR count). The van der Waals surface area contributed by atoms with Crippen LogP contribution in [0, 0.1) is 0 Å². The molecule has 1 aliphatic heterocycles. The van der Waals surface area contributed by atoms with E-state index >= 15 is 0 Å². The molecule has 0 atom stereocenters. The highest BCUT2D eigenvalue weighted by Crippen LogP contribution is 2.12. The Morgan fingerprint density at radius 3 is 2.73 bits per heavy atom. The fourth-order valence-corrected chi connectivity index (χ4v) is 3.30. The second kappa shape index (κ2) is 9.42. The summed E-state index contributed by atoms with van der Waals surface area (Å²) in [5.41, 5.74) is 0. The van der Waals surface area contributed by atoms with Gasteiger partial charge in [-0.3, -0.25) is 14.4 Å². The normalized spacial score (nSPS) is 15.7. The van der Waals surface area contributed by atoms with Gasteiger partial charge < -0.3 is 4.90 Å². The van der Waals surface area contributed by atoms with Gasteiger partial charge in [-0.1, -0.05) is 12.8 Å². The molecule has 0 aromatic carbocycles. The zero-order chi connectivity index (χ0) is 18.2. The molecule has 9 nitrogen and oxygen atoms in total. The van der Waals surface area contributed by atoms with Gasteiger partial charge >= 0.3 is 0 Å². The fourth-order valence-electron chi connectivity index (χ4n) is 3.30. The first-order valence-corrected chi connectivity index (χ1v) is 9.49. The Kier molecular flexibility index (Phi) is 6.70. The number of carbonyl (C=O) groups is 1. The zero-order valence-corrected chi connectivity index (χ0v) is 15.5. The van der Waals surface area contributed by atoms with Crippen LogP contribution in [0.4, 0.5) is 0 Å². The number of tetrazole rings is 1. The second-order valence-electron chi connectivity index (χ2n) is 6.69. The van der Waals surface area contributed by atoms with Crippen LogP contribution < -0.4 is 0 Å². The van der Waals surface area contributed by atoms with E-state index in [-0.39, 0.29) is 12.5 Å². The Bertz CT molecular complexity index is 660. The molecule has 2 aromatic rings. The number of hydrogen-bond acceptors (Lipinski definition) is 6. The third-order valence-corrected chi connectivity index (χ3v) is 4.85. The monoisotopic (exact) mass is 360 g/mol. The van der Waals surface area contributed by atoms with E-state index in [1.54, 1.807) is 10.9 Å². The van der Waals surface area contributed by atoms with Gasteiger partial charge in [0.25, 0.3) is 0 Å². The van der Waals surface area contributed by atoms with Gasteiger partial charge in [0, 0.05) is 25.5 Å². The summed E-state index contributed by atoms with van der Waals surface area (Å²) in [4.78, 5) is 16.9. The van der Waals surface area contributed by atoms with E-state index in [2.05, 4.69) is 25.5 Å². The first-order valence-electron chi connectivity index (χ1n) is 9.49. The molecule has 2 aromatic heterocycles. The minimum absolute atomic E-state index is 0.0315. The number of aromatic nitrogens is 6. The van der Waals surface area contributed by atoms with E-state index in [9.17, 15) is 4.79 Å².